The number of hydrogen-bond donors (Lipinski definition) is 18. The zero-order chi connectivity index (χ0) is 56.1. The fourth-order valence-electron chi connectivity index (χ4n) is 8.36. The standard InChI is InChI=1S/C47H32O30/c48-14-1-9(2-15(49)27(14)54)43(67)77-47-41-40(76-46(70)11-4-17(51)29(56)34(61)25(11)26-20(72-41)7-19(53)30(57)36(26)63)39-22(74-47)8-71-44(68)12-6-21(73-38-13(42(65)66)5-18(52)31(58)37(38)64)32(59)35(62)24(12)23-10(45(69)75-39)3-16(50)28(55)33(23)60/h1-7,22,39-41,47-64H,8H2,(H,65,66)/t22-,39-,40+,41-,47+/m1/s1. The lowest BCUT2D eigenvalue weighted by molar-refractivity contribution is -0.277. The van der Waals surface area contributed by atoms with Crippen LogP contribution in [0.2, 0.25) is 0 Å². The number of carbonyl (C=O) groups excluding carboxylic acids is 4. The van der Waals surface area contributed by atoms with Gasteiger partial charge in [0.05, 0.1) is 27.8 Å². The number of carbonyl (C=O) groups is 5. The number of carboxylic acids is 1. The first kappa shape index (κ1) is 50.8. The van der Waals surface area contributed by atoms with E-state index in [2.05, 4.69) is 0 Å². The maximum Gasteiger partial charge on any atom is 0.340 e. The second kappa shape index (κ2) is 18.1. The third kappa shape index (κ3) is 8.09. The smallest absolute Gasteiger partial charge is 0.340 e. The highest BCUT2D eigenvalue weighted by atomic mass is 16.7. The lowest BCUT2D eigenvalue weighted by atomic mass is 9.91. The second-order valence-corrected chi connectivity index (χ2v) is 16.6. The van der Waals surface area contributed by atoms with Gasteiger partial charge in [-0.05, 0) is 24.3 Å². The summed E-state index contributed by atoms with van der Waals surface area (Å²) in [6.45, 7) is -1.35. The molecule has 3 aliphatic rings. The van der Waals surface area contributed by atoms with Crippen LogP contribution in [0.25, 0.3) is 22.3 Å². The van der Waals surface area contributed by atoms with Crippen molar-refractivity contribution in [1.29, 1.82) is 0 Å². The van der Waals surface area contributed by atoms with Gasteiger partial charge in [0.25, 0.3) is 0 Å². The lowest BCUT2D eigenvalue weighted by Crippen LogP contribution is -2.64. The van der Waals surface area contributed by atoms with Crippen LogP contribution in [-0.2, 0) is 23.7 Å². The average molecular weight is 1080 g/mol. The average Bonchev–Trinajstić information content (AvgIpc) is 3.55. The Hall–Kier alpha value is -11.2. The topological polar surface area (TPSA) is 514 Å². The molecule has 0 aliphatic carbocycles. The van der Waals surface area contributed by atoms with E-state index in [1.165, 1.54) is 0 Å². The summed E-state index contributed by atoms with van der Waals surface area (Å²) in [5, 5.41) is 192. The molecule has 0 saturated carbocycles. The van der Waals surface area contributed by atoms with Crippen LogP contribution in [-0.4, -0.2) is 159 Å². The largest absolute Gasteiger partial charge is 0.504 e. The Labute approximate surface area is 423 Å². The summed E-state index contributed by atoms with van der Waals surface area (Å²) in [7, 11) is 0. The summed E-state index contributed by atoms with van der Waals surface area (Å²) in [6.07, 6.45) is -12.1. The van der Waals surface area contributed by atoms with E-state index < -0.39 is 232 Å². The van der Waals surface area contributed by atoms with Crippen molar-refractivity contribution >= 4 is 29.8 Å². The van der Waals surface area contributed by atoms with Crippen LogP contribution < -0.4 is 9.47 Å². The minimum atomic E-state index is -2.52. The van der Waals surface area contributed by atoms with Crippen LogP contribution in [0.4, 0.5) is 0 Å². The van der Waals surface area contributed by atoms with Crippen LogP contribution >= 0.6 is 0 Å². The van der Waals surface area contributed by atoms with Gasteiger partial charge in [-0.3, -0.25) is 0 Å². The minimum Gasteiger partial charge on any atom is -0.504 e. The molecule has 1 fully saturated rings. The minimum absolute atomic E-state index is 0.356. The molecule has 6 aromatic carbocycles. The van der Waals surface area contributed by atoms with Crippen LogP contribution in [0.15, 0.2) is 42.5 Å². The molecule has 0 spiro atoms. The second-order valence-electron chi connectivity index (χ2n) is 16.6. The van der Waals surface area contributed by atoms with Gasteiger partial charge >= 0.3 is 29.8 Å². The number of aromatic carboxylic acids is 1. The zero-order valence-electron chi connectivity index (χ0n) is 37.6. The highest BCUT2D eigenvalue weighted by Crippen LogP contribution is 2.58. The Morgan fingerprint density at radius 3 is 1.47 bits per heavy atom. The molecular weight excluding hydrogens is 1040 g/mol. The summed E-state index contributed by atoms with van der Waals surface area (Å²) in [5.74, 6) is -35.3. The van der Waals surface area contributed by atoms with Gasteiger partial charge in [-0.25, -0.2) is 24.0 Å². The quantitative estimate of drug-likeness (QED) is 0.0670. The van der Waals surface area contributed by atoms with Gasteiger partial charge in [0, 0.05) is 34.9 Å². The Bertz CT molecular complexity index is 3600. The Kier molecular flexibility index (Phi) is 11.9. The molecule has 0 aromatic heterocycles. The Morgan fingerprint density at radius 2 is 0.909 bits per heavy atom. The van der Waals surface area contributed by atoms with Crippen LogP contribution in [0, 0.1) is 0 Å². The van der Waals surface area contributed by atoms with Gasteiger partial charge in [0.2, 0.25) is 46.9 Å². The number of hydrogen-bond acceptors (Lipinski definition) is 29. The van der Waals surface area contributed by atoms with Crippen molar-refractivity contribution in [3.63, 3.8) is 0 Å². The summed E-state index contributed by atoms with van der Waals surface area (Å²) in [5.41, 5.74) is -9.68. The van der Waals surface area contributed by atoms with Crippen molar-refractivity contribution in [2.45, 2.75) is 30.7 Å². The first-order valence-electron chi connectivity index (χ1n) is 21.2. The third-order valence-electron chi connectivity index (χ3n) is 12.0. The van der Waals surface area contributed by atoms with Crippen molar-refractivity contribution in [3.8, 4) is 137 Å². The highest BCUT2D eigenvalue weighted by Gasteiger charge is 2.56. The fourth-order valence-corrected chi connectivity index (χ4v) is 8.36. The van der Waals surface area contributed by atoms with Crippen molar-refractivity contribution in [2.24, 2.45) is 0 Å². The Morgan fingerprint density at radius 1 is 0.455 bits per heavy atom. The number of esters is 4. The van der Waals surface area contributed by atoms with Gasteiger partial charge in [-0.15, -0.1) is 0 Å². The van der Waals surface area contributed by atoms with Gasteiger partial charge in [0.15, 0.2) is 87.0 Å². The first-order valence-corrected chi connectivity index (χ1v) is 21.2. The predicted octanol–water partition coefficient (Wildman–Crippen LogP) is 2.77. The molecule has 400 valence electrons. The molecule has 5 atom stereocenters. The molecule has 1 saturated heterocycles. The zero-order valence-corrected chi connectivity index (χ0v) is 37.6. The van der Waals surface area contributed by atoms with E-state index in [9.17, 15) is 116 Å². The van der Waals surface area contributed by atoms with Gasteiger partial charge < -0.3 is 125 Å². The summed E-state index contributed by atoms with van der Waals surface area (Å²) in [6, 6.07) is 3.22. The molecule has 3 aliphatic heterocycles. The maximum atomic E-state index is 14.7. The molecule has 18 N–H and O–H groups in total. The van der Waals surface area contributed by atoms with Crippen molar-refractivity contribution in [1.82, 2.24) is 0 Å². The summed E-state index contributed by atoms with van der Waals surface area (Å²) >= 11 is 0. The number of ether oxygens (including phenoxy) is 7. The number of cyclic esters (lactones) is 1. The van der Waals surface area contributed by atoms with Crippen LogP contribution in [0.1, 0.15) is 51.8 Å². The van der Waals surface area contributed by atoms with Crippen molar-refractivity contribution in [2.75, 3.05) is 6.61 Å². The van der Waals surface area contributed by atoms with Gasteiger partial charge in [0.1, 0.15) is 24.0 Å². The number of rotatable bonds is 5. The number of benzene rings is 6. The maximum absolute atomic E-state index is 14.7. The predicted molar refractivity (Wildman–Crippen MR) is 239 cm³/mol. The molecular formula is C47H32O30. The van der Waals surface area contributed by atoms with Crippen molar-refractivity contribution in [3.05, 3.63) is 70.3 Å². The number of phenols is 17. The van der Waals surface area contributed by atoms with E-state index in [0.29, 0.717) is 42.5 Å². The fraction of sp³-hybridized carbons (Fsp3) is 0.128. The third-order valence-corrected chi connectivity index (χ3v) is 12.0. The van der Waals surface area contributed by atoms with Gasteiger partial charge in [-0.1, -0.05) is 0 Å². The normalized spacial score (nSPS) is 18.6. The molecule has 3 heterocycles. The van der Waals surface area contributed by atoms with E-state index >= 15 is 0 Å². The number of phenolic OH excluding ortho intramolecular Hbond substituents is 17. The van der Waals surface area contributed by atoms with Gasteiger partial charge in [-0.2, -0.15) is 0 Å². The summed E-state index contributed by atoms with van der Waals surface area (Å²) < 4.78 is 40.0. The number of aromatic hydroxyl groups is 17. The van der Waals surface area contributed by atoms with E-state index in [-0.39, 0.29) is 0 Å². The number of fused-ring (bicyclic) bond motifs is 9. The van der Waals surface area contributed by atoms with Crippen molar-refractivity contribution < 1.29 is 149 Å². The monoisotopic (exact) mass is 1080 g/mol. The SMILES string of the molecule is O=C(O[C@@H]1O[C@@H]2COC(=O)c3cc(Oc4c(C(=O)O)cc(O)c(O)c4O)c(O)c(O)c3-c3c(cc(O)c(O)c3O)C(=O)O[C@H]2[C@@H]2OC(=O)c3cc(O)c(O)c(O)c3-c3c(cc(O)c(O)c3O)O[C@@H]12)c1cc(O)c(O)c(O)c1. The molecule has 77 heavy (non-hydrogen) atoms. The summed E-state index contributed by atoms with van der Waals surface area (Å²) in [4.78, 5) is 69.7. The molecule has 6 aromatic rings. The molecule has 30 heteroatoms. The molecule has 9 rings (SSSR count). The molecule has 0 radical (unpaired) electrons. The van der Waals surface area contributed by atoms with E-state index in [0.717, 1.165) is 0 Å². The molecule has 0 bridgehead atoms. The number of carboxylic acid groups (broad SMARTS) is 1. The van der Waals surface area contributed by atoms with Crippen LogP contribution in [0.3, 0.4) is 0 Å². The lowest BCUT2D eigenvalue weighted by Gasteiger charge is -2.44. The first-order chi connectivity index (χ1) is 36.2. The highest BCUT2D eigenvalue weighted by molar-refractivity contribution is 6.09. The Balaban J connectivity index is 1.26. The molecule has 30 nitrogen and oxygen atoms in total. The van der Waals surface area contributed by atoms with E-state index in [1.807, 2.05) is 0 Å². The van der Waals surface area contributed by atoms with E-state index in [4.69, 9.17) is 33.2 Å². The van der Waals surface area contributed by atoms with Crippen LogP contribution in [0.5, 0.6) is 115 Å². The van der Waals surface area contributed by atoms with E-state index in [1.54, 1.807) is 0 Å². The molecule has 0 amide bonds. The molecule has 0 unspecified atom stereocenters.